The van der Waals surface area contributed by atoms with Crippen molar-refractivity contribution in [2.24, 2.45) is 0 Å². The number of carbonyl (C=O) groups excluding carboxylic acids is 1. The Morgan fingerprint density at radius 3 is 3.00 bits per heavy atom. The highest BCUT2D eigenvalue weighted by atomic mass is 35.5. The third kappa shape index (κ3) is 2.14. The van der Waals surface area contributed by atoms with E-state index in [1.165, 1.54) is 0 Å². The molecule has 0 aliphatic carbocycles. The van der Waals surface area contributed by atoms with Gasteiger partial charge in [0.2, 0.25) is 5.91 Å². The Hall–Kier alpha value is -1.61. The fourth-order valence-electron chi connectivity index (χ4n) is 1.47. The van der Waals surface area contributed by atoms with E-state index in [2.05, 4.69) is 10.3 Å². The van der Waals surface area contributed by atoms with Crippen molar-refractivity contribution in [3.8, 4) is 0 Å². The van der Waals surface area contributed by atoms with Crippen LogP contribution < -0.4 is 5.32 Å². The van der Waals surface area contributed by atoms with Crippen molar-refractivity contribution in [1.82, 2.24) is 4.98 Å². The Bertz CT molecular complexity index is 540. The lowest BCUT2D eigenvalue weighted by atomic mass is 10.2. The molecule has 0 spiro atoms. The van der Waals surface area contributed by atoms with Crippen LogP contribution in [-0.4, -0.2) is 10.9 Å². The molecule has 2 rings (SSSR count). The lowest BCUT2D eigenvalue weighted by Gasteiger charge is -2.07. The van der Waals surface area contributed by atoms with Crippen molar-refractivity contribution < 1.29 is 4.79 Å². The maximum Gasteiger partial charge on any atom is 0.224 e. The van der Waals surface area contributed by atoms with E-state index >= 15 is 0 Å². The van der Waals surface area contributed by atoms with Gasteiger partial charge in [0.15, 0.2) is 0 Å². The molecule has 2 aromatic rings. The minimum Gasteiger partial charge on any atom is -0.325 e. The van der Waals surface area contributed by atoms with Crippen molar-refractivity contribution in [3.05, 3.63) is 35.5 Å². The van der Waals surface area contributed by atoms with Crippen LogP contribution in [0.5, 0.6) is 0 Å². The van der Waals surface area contributed by atoms with E-state index in [1.807, 2.05) is 13.0 Å². The highest BCUT2D eigenvalue weighted by Gasteiger charge is 2.04. The maximum absolute atomic E-state index is 11.3. The number of anilines is 1. The summed E-state index contributed by atoms with van der Waals surface area (Å²) in [7, 11) is 0. The third-order valence-electron chi connectivity index (χ3n) is 2.30. The van der Waals surface area contributed by atoms with Crippen molar-refractivity contribution in [1.29, 1.82) is 0 Å². The second-order valence-electron chi connectivity index (χ2n) is 3.42. The first kappa shape index (κ1) is 10.9. The molecule has 0 radical (unpaired) electrons. The highest BCUT2D eigenvalue weighted by molar-refractivity contribution is 6.31. The first-order valence-electron chi connectivity index (χ1n) is 5.05. The summed E-state index contributed by atoms with van der Waals surface area (Å²) < 4.78 is 0. The average Bonchev–Trinajstić information content (AvgIpc) is 2.28. The molecule has 0 fully saturated rings. The average molecular weight is 235 g/mol. The van der Waals surface area contributed by atoms with Crippen LogP contribution in [0.3, 0.4) is 0 Å². The molecule has 1 N–H and O–H groups in total. The van der Waals surface area contributed by atoms with Crippen LogP contribution in [0.2, 0.25) is 5.02 Å². The highest BCUT2D eigenvalue weighted by Crippen LogP contribution is 2.24. The van der Waals surface area contributed by atoms with E-state index in [0.29, 0.717) is 11.4 Å². The number of hydrogen-bond donors (Lipinski definition) is 1. The number of fused-ring (bicyclic) bond motifs is 1. The summed E-state index contributed by atoms with van der Waals surface area (Å²) in [5, 5.41) is 4.37. The van der Waals surface area contributed by atoms with Crippen LogP contribution in [0.25, 0.3) is 10.9 Å². The number of pyridine rings is 1. The van der Waals surface area contributed by atoms with E-state index < -0.39 is 0 Å². The molecule has 3 nitrogen and oxygen atoms in total. The number of carbonyl (C=O) groups is 1. The van der Waals surface area contributed by atoms with Gasteiger partial charge in [0.1, 0.15) is 0 Å². The molecule has 16 heavy (non-hydrogen) atoms. The van der Waals surface area contributed by atoms with Gasteiger partial charge < -0.3 is 5.32 Å². The fraction of sp³-hybridized carbons (Fsp3) is 0.167. The van der Waals surface area contributed by atoms with Crippen LogP contribution >= 0.6 is 11.6 Å². The second kappa shape index (κ2) is 4.49. The summed E-state index contributed by atoms with van der Waals surface area (Å²) in [6.07, 6.45) is 2.11. The number of halogens is 1. The standard InChI is InChI=1S/C12H11ClN2O/c1-2-12(16)15-10-5-6-14-11-7-8(13)3-4-9(10)11/h3-7H,2H2,1H3,(H,14,15,16). The van der Waals surface area contributed by atoms with Crippen molar-refractivity contribution in [2.75, 3.05) is 5.32 Å². The SMILES string of the molecule is CCC(=O)Nc1ccnc2cc(Cl)ccc12. The predicted octanol–water partition coefficient (Wildman–Crippen LogP) is 3.24. The molecule has 0 saturated heterocycles. The minimum absolute atomic E-state index is 0.0116. The lowest BCUT2D eigenvalue weighted by molar-refractivity contribution is -0.115. The largest absolute Gasteiger partial charge is 0.325 e. The molecule has 0 saturated carbocycles. The molecule has 1 amide bonds. The van der Waals surface area contributed by atoms with Gasteiger partial charge in [-0.05, 0) is 24.3 Å². The first-order valence-corrected chi connectivity index (χ1v) is 5.42. The van der Waals surface area contributed by atoms with Gasteiger partial charge in [0.25, 0.3) is 0 Å². The van der Waals surface area contributed by atoms with Crippen LogP contribution in [0.1, 0.15) is 13.3 Å². The molecular weight excluding hydrogens is 224 g/mol. The summed E-state index contributed by atoms with van der Waals surface area (Å²) in [5.74, 6) is -0.0116. The summed E-state index contributed by atoms with van der Waals surface area (Å²) >= 11 is 5.88. The number of benzene rings is 1. The zero-order valence-electron chi connectivity index (χ0n) is 8.83. The molecule has 1 aromatic carbocycles. The molecule has 1 aromatic heterocycles. The molecule has 4 heteroatoms. The zero-order valence-corrected chi connectivity index (χ0v) is 9.58. The zero-order chi connectivity index (χ0) is 11.5. The van der Waals surface area contributed by atoms with Gasteiger partial charge in [-0.15, -0.1) is 0 Å². The summed E-state index contributed by atoms with van der Waals surface area (Å²) in [5.41, 5.74) is 1.55. The Balaban J connectivity index is 2.49. The Morgan fingerprint density at radius 1 is 1.44 bits per heavy atom. The minimum atomic E-state index is -0.0116. The maximum atomic E-state index is 11.3. The monoisotopic (exact) mass is 234 g/mol. The molecule has 0 atom stereocenters. The van der Waals surface area contributed by atoms with Crippen molar-refractivity contribution in [2.45, 2.75) is 13.3 Å². The first-order chi connectivity index (χ1) is 7.70. The smallest absolute Gasteiger partial charge is 0.224 e. The van der Waals surface area contributed by atoms with Gasteiger partial charge in [0, 0.05) is 23.0 Å². The molecule has 0 aliphatic heterocycles. The van der Waals surface area contributed by atoms with Gasteiger partial charge >= 0.3 is 0 Å². The van der Waals surface area contributed by atoms with Crippen molar-refractivity contribution >= 4 is 34.1 Å². The third-order valence-corrected chi connectivity index (χ3v) is 2.54. The van der Waals surface area contributed by atoms with Gasteiger partial charge in [-0.25, -0.2) is 0 Å². The summed E-state index contributed by atoms with van der Waals surface area (Å²) in [6, 6.07) is 7.20. The number of hydrogen-bond acceptors (Lipinski definition) is 2. The topological polar surface area (TPSA) is 42.0 Å². The molecule has 0 bridgehead atoms. The molecule has 1 heterocycles. The van der Waals surface area contributed by atoms with Crippen LogP contribution in [0.15, 0.2) is 30.5 Å². The fourth-order valence-corrected chi connectivity index (χ4v) is 1.64. The van der Waals surface area contributed by atoms with Crippen LogP contribution in [0.4, 0.5) is 5.69 Å². The predicted molar refractivity (Wildman–Crippen MR) is 65.7 cm³/mol. The quantitative estimate of drug-likeness (QED) is 0.867. The Kier molecular flexibility index (Phi) is 3.06. The number of nitrogens with one attached hydrogen (secondary N) is 1. The number of amides is 1. The Morgan fingerprint density at radius 2 is 2.25 bits per heavy atom. The van der Waals surface area contributed by atoms with Gasteiger partial charge in [-0.3, -0.25) is 9.78 Å². The Labute approximate surface area is 98.4 Å². The van der Waals surface area contributed by atoms with E-state index in [0.717, 1.165) is 16.6 Å². The summed E-state index contributed by atoms with van der Waals surface area (Å²) in [6.45, 7) is 1.82. The van der Waals surface area contributed by atoms with E-state index in [-0.39, 0.29) is 5.91 Å². The van der Waals surface area contributed by atoms with Crippen LogP contribution in [0, 0.1) is 0 Å². The lowest BCUT2D eigenvalue weighted by Crippen LogP contribution is -2.09. The van der Waals surface area contributed by atoms with E-state index in [4.69, 9.17) is 11.6 Å². The number of rotatable bonds is 2. The van der Waals surface area contributed by atoms with Gasteiger partial charge in [-0.2, -0.15) is 0 Å². The molecular formula is C12H11ClN2O. The second-order valence-corrected chi connectivity index (χ2v) is 3.86. The van der Waals surface area contributed by atoms with Gasteiger partial charge in [0.05, 0.1) is 11.2 Å². The van der Waals surface area contributed by atoms with E-state index in [1.54, 1.807) is 24.4 Å². The molecule has 0 aliphatic rings. The molecule has 0 unspecified atom stereocenters. The van der Waals surface area contributed by atoms with Crippen LogP contribution in [-0.2, 0) is 4.79 Å². The molecule has 82 valence electrons. The van der Waals surface area contributed by atoms with Crippen molar-refractivity contribution in [3.63, 3.8) is 0 Å². The number of nitrogens with zero attached hydrogens (tertiary/aromatic N) is 1. The number of aromatic nitrogens is 1. The normalized spacial score (nSPS) is 10.4. The van der Waals surface area contributed by atoms with Gasteiger partial charge in [-0.1, -0.05) is 18.5 Å². The summed E-state index contributed by atoms with van der Waals surface area (Å²) in [4.78, 5) is 15.5. The van der Waals surface area contributed by atoms with E-state index in [9.17, 15) is 4.79 Å².